The number of carbonyl (C=O) groups is 1. The lowest BCUT2D eigenvalue weighted by atomic mass is 10.1. The van der Waals surface area contributed by atoms with E-state index < -0.39 is 0 Å². The number of anilines is 1. The first-order valence-electron chi connectivity index (χ1n) is 8.63. The molecule has 0 unspecified atom stereocenters. The van der Waals surface area contributed by atoms with Crippen LogP contribution in [0.25, 0.3) is 11.3 Å². The Kier molecular flexibility index (Phi) is 4.47. The van der Waals surface area contributed by atoms with Crippen molar-refractivity contribution in [3.8, 4) is 17.0 Å². The molecule has 132 valence electrons. The van der Waals surface area contributed by atoms with E-state index in [0.29, 0.717) is 11.0 Å². The lowest BCUT2D eigenvalue weighted by molar-refractivity contribution is -0.117. The Balaban J connectivity index is 1.45. The van der Waals surface area contributed by atoms with Crippen LogP contribution in [0.3, 0.4) is 0 Å². The molecule has 0 radical (unpaired) electrons. The fourth-order valence-corrected chi connectivity index (χ4v) is 4.06. The summed E-state index contributed by atoms with van der Waals surface area (Å²) in [5.74, 6) is 1.26. The van der Waals surface area contributed by atoms with Crippen molar-refractivity contribution in [2.75, 3.05) is 12.4 Å². The quantitative estimate of drug-likeness (QED) is 0.703. The maximum absolute atomic E-state index is 12.5. The van der Waals surface area contributed by atoms with Crippen LogP contribution in [0, 0.1) is 12.8 Å². The molecule has 1 fully saturated rings. The zero-order valence-electron chi connectivity index (χ0n) is 14.7. The summed E-state index contributed by atoms with van der Waals surface area (Å²) < 4.78 is 5.20. The van der Waals surface area contributed by atoms with Gasteiger partial charge in [-0.15, -0.1) is 11.3 Å². The molecule has 26 heavy (non-hydrogen) atoms. The average Bonchev–Trinajstić information content (AvgIpc) is 3.40. The van der Waals surface area contributed by atoms with E-state index in [1.165, 1.54) is 16.9 Å². The molecule has 4 nitrogen and oxygen atoms in total. The summed E-state index contributed by atoms with van der Waals surface area (Å²) in [5, 5.41) is 3.66. The highest BCUT2D eigenvalue weighted by Crippen LogP contribution is 2.48. The standard InChI is InChI=1S/C21H20N2O2S/c1-13-19(15-8-10-16(25-2)11-9-15)22-21(26-13)23-20(24)18-12-17(18)14-6-4-3-5-7-14/h3-11,17-18H,12H2,1-2H3,(H,22,23,24)/t17-,18-/m0/s1. The SMILES string of the molecule is COc1ccc(-c2nc(NC(=O)[C@H]3C[C@H]3c3ccccc3)sc2C)cc1. The molecule has 5 heteroatoms. The normalized spacial score (nSPS) is 18.4. The highest BCUT2D eigenvalue weighted by molar-refractivity contribution is 7.16. The van der Waals surface area contributed by atoms with Crippen molar-refractivity contribution in [2.24, 2.45) is 5.92 Å². The van der Waals surface area contributed by atoms with Crippen molar-refractivity contribution in [2.45, 2.75) is 19.3 Å². The van der Waals surface area contributed by atoms with Crippen LogP contribution in [-0.4, -0.2) is 18.0 Å². The van der Waals surface area contributed by atoms with E-state index in [1.54, 1.807) is 7.11 Å². The molecular formula is C21H20N2O2S. The first kappa shape index (κ1) is 16.8. The number of aryl methyl sites for hydroxylation is 1. The number of thiazole rings is 1. The molecular weight excluding hydrogens is 344 g/mol. The smallest absolute Gasteiger partial charge is 0.229 e. The number of methoxy groups -OCH3 is 1. The summed E-state index contributed by atoms with van der Waals surface area (Å²) in [5.41, 5.74) is 3.17. The predicted molar refractivity (Wildman–Crippen MR) is 105 cm³/mol. The van der Waals surface area contributed by atoms with Crippen LogP contribution < -0.4 is 10.1 Å². The van der Waals surface area contributed by atoms with Crippen molar-refractivity contribution in [3.05, 3.63) is 65.0 Å². The van der Waals surface area contributed by atoms with E-state index in [2.05, 4.69) is 22.4 Å². The molecule has 0 saturated heterocycles. The molecule has 3 aromatic rings. The van der Waals surface area contributed by atoms with E-state index >= 15 is 0 Å². The molecule has 1 amide bonds. The van der Waals surface area contributed by atoms with Crippen LogP contribution in [0.1, 0.15) is 22.8 Å². The molecule has 1 N–H and O–H groups in total. The fourth-order valence-electron chi connectivity index (χ4n) is 3.22. The van der Waals surface area contributed by atoms with E-state index in [1.807, 2.05) is 49.4 Å². The van der Waals surface area contributed by atoms with Gasteiger partial charge in [0.15, 0.2) is 5.13 Å². The van der Waals surface area contributed by atoms with Crippen molar-refractivity contribution >= 4 is 22.4 Å². The number of amides is 1. The zero-order chi connectivity index (χ0) is 18.1. The van der Waals surface area contributed by atoms with Gasteiger partial charge in [0, 0.05) is 16.4 Å². The molecule has 1 saturated carbocycles. The van der Waals surface area contributed by atoms with Crippen molar-refractivity contribution in [3.63, 3.8) is 0 Å². The number of aromatic nitrogens is 1. The Morgan fingerprint density at radius 3 is 2.58 bits per heavy atom. The van der Waals surface area contributed by atoms with Crippen molar-refractivity contribution in [1.29, 1.82) is 0 Å². The number of hydrogen-bond acceptors (Lipinski definition) is 4. The largest absolute Gasteiger partial charge is 0.497 e. The minimum Gasteiger partial charge on any atom is -0.497 e. The summed E-state index contributed by atoms with van der Waals surface area (Å²) >= 11 is 1.52. The van der Waals surface area contributed by atoms with Gasteiger partial charge in [0.05, 0.1) is 12.8 Å². The topological polar surface area (TPSA) is 51.2 Å². The van der Waals surface area contributed by atoms with Crippen LogP contribution in [0.2, 0.25) is 0 Å². The first-order chi connectivity index (χ1) is 12.7. The summed E-state index contributed by atoms with van der Waals surface area (Å²) in [6.45, 7) is 2.02. The third-order valence-corrected chi connectivity index (χ3v) is 5.63. The summed E-state index contributed by atoms with van der Waals surface area (Å²) in [7, 11) is 1.65. The number of rotatable bonds is 5. The number of carbonyl (C=O) groups excluding carboxylic acids is 1. The van der Waals surface area contributed by atoms with E-state index in [9.17, 15) is 4.79 Å². The van der Waals surface area contributed by atoms with E-state index in [4.69, 9.17) is 4.74 Å². The molecule has 1 heterocycles. The third-order valence-electron chi connectivity index (χ3n) is 4.75. The third kappa shape index (κ3) is 3.35. The average molecular weight is 364 g/mol. The molecule has 1 aromatic heterocycles. The van der Waals surface area contributed by atoms with Crippen LogP contribution in [0.15, 0.2) is 54.6 Å². The van der Waals surface area contributed by atoms with Gasteiger partial charge in [-0.2, -0.15) is 0 Å². The molecule has 0 spiro atoms. The van der Waals surface area contributed by atoms with Crippen LogP contribution in [0.5, 0.6) is 5.75 Å². The fraction of sp³-hybridized carbons (Fsp3) is 0.238. The second-order valence-corrected chi connectivity index (χ2v) is 7.70. The van der Waals surface area contributed by atoms with Crippen LogP contribution in [0.4, 0.5) is 5.13 Å². The Labute approximate surface area is 156 Å². The van der Waals surface area contributed by atoms with Gasteiger partial charge in [-0.1, -0.05) is 30.3 Å². The van der Waals surface area contributed by atoms with Gasteiger partial charge in [-0.25, -0.2) is 4.98 Å². The number of hydrogen-bond donors (Lipinski definition) is 1. The van der Waals surface area contributed by atoms with Gasteiger partial charge in [0.2, 0.25) is 5.91 Å². The number of ether oxygens (including phenoxy) is 1. The first-order valence-corrected chi connectivity index (χ1v) is 9.45. The molecule has 2 aromatic carbocycles. The van der Waals surface area contributed by atoms with Crippen molar-refractivity contribution in [1.82, 2.24) is 4.98 Å². The molecule has 0 aliphatic heterocycles. The van der Waals surface area contributed by atoms with Gasteiger partial charge in [0.1, 0.15) is 5.75 Å². The highest BCUT2D eigenvalue weighted by atomic mass is 32.1. The predicted octanol–water partition coefficient (Wildman–Crippen LogP) is 4.87. The van der Waals surface area contributed by atoms with Gasteiger partial charge < -0.3 is 10.1 Å². The Morgan fingerprint density at radius 2 is 1.88 bits per heavy atom. The molecule has 1 aliphatic rings. The monoisotopic (exact) mass is 364 g/mol. The molecule has 4 rings (SSSR count). The number of benzene rings is 2. The van der Waals surface area contributed by atoms with E-state index in [-0.39, 0.29) is 11.8 Å². The second-order valence-electron chi connectivity index (χ2n) is 6.50. The molecule has 2 atom stereocenters. The zero-order valence-corrected chi connectivity index (χ0v) is 15.5. The number of nitrogens with one attached hydrogen (secondary N) is 1. The minimum absolute atomic E-state index is 0.0473. The van der Waals surface area contributed by atoms with Crippen LogP contribution >= 0.6 is 11.3 Å². The minimum atomic E-state index is 0.0473. The maximum atomic E-state index is 12.5. The van der Waals surface area contributed by atoms with E-state index in [0.717, 1.165) is 28.3 Å². The Bertz CT molecular complexity index is 919. The van der Waals surface area contributed by atoms with Gasteiger partial charge >= 0.3 is 0 Å². The Morgan fingerprint density at radius 1 is 1.15 bits per heavy atom. The Hall–Kier alpha value is -2.66. The number of nitrogens with zero attached hydrogens (tertiary/aromatic N) is 1. The van der Waals surface area contributed by atoms with Gasteiger partial charge in [-0.05, 0) is 49.1 Å². The lowest BCUT2D eigenvalue weighted by Gasteiger charge is -2.02. The van der Waals surface area contributed by atoms with Gasteiger partial charge in [-0.3, -0.25) is 4.79 Å². The lowest BCUT2D eigenvalue weighted by Crippen LogP contribution is -2.14. The van der Waals surface area contributed by atoms with Crippen LogP contribution in [-0.2, 0) is 4.79 Å². The summed E-state index contributed by atoms with van der Waals surface area (Å²) in [6.07, 6.45) is 0.908. The highest BCUT2D eigenvalue weighted by Gasteiger charge is 2.44. The van der Waals surface area contributed by atoms with Gasteiger partial charge in [0.25, 0.3) is 0 Å². The summed E-state index contributed by atoms with van der Waals surface area (Å²) in [6, 6.07) is 18.0. The molecule has 1 aliphatic carbocycles. The summed E-state index contributed by atoms with van der Waals surface area (Å²) in [4.78, 5) is 18.3. The second kappa shape index (κ2) is 6.92. The molecule has 0 bridgehead atoms. The maximum Gasteiger partial charge on any atom is 0.229 e. The van der Waals surface area contributed by atoms with Crippen molar-refractivity contribution < 1.29 is 9.53 Å².